The Morgan fingerprint density at radius 2 is 1.81 bits per heavy atom. The highest BCUT2D eigenvalue weighted by atomic mass is 35.5. The number of benzene rings is 1. The fourth-order valence-electron chi connectivity index (χ4n) is 4.44. The van der Waals surface area contributed by atoms with Crippen molar-refractivity contribution in [3.63, 3.8) is 0 Å². The van der Waals surface area contributed by atoms with Gasteiger partial charge < -0.3 is 11.1 Å². The van der Waals surface area contributed by atoms with Gasteiger partial charge in [-0.2, -0.15) is 0 Å². The van der Waals surface area contributed by atoms with Gasteiger partial charge in [0, 0.05) is 23.7 Å². The van der Waals surface area contributed by atoms with Crippen molar-refractivity contribution in [1.29, 1.82) is 0 Å². The number of hydrogen-bond donors (Lipinski definition) is 3. The van der Waals surface area contributed by atoms with E-state index in [1.165, 1.54) is 18.6 Å². The number of nitrogens with two attached hydrogens (primary N) is 1. The van der Waals surface area contributed by atoms with E-state index in [2.05, 4.69) is 10.0 Å². The van der Waals surface area contributed by atoms with Crippen LogP contribution in [0.3, 0.4) is 0 Å². The van der Waals surface area contributed by atoms with Gasteiger partial charge in [0.05, 0.1) is 4.90 Å². The van der Waals surface area contributed by atoms with Crippen LogP contribution >= 0.6 is 12.4 Å². The van der Waals surface area contributed by atoms with Crippen LogP contribution < -0.4 is 15.8 Å². The number of fused-ring (bicyclic) bond motifs is 2. The van der Waals surface area contributed by atoms with E-state index in [-0.39, 0.29) is 41.3 Å². The Hall–Kier alpha value is -1.15. The summed E-state index contributed by atoms with van der Waals surface area (Å²) in [5.74, 6) is 0.649. The Kier molecular flexibility index (Phi) is 7.30. The summed E-state index contributed by atoms with van der Waals surface area (Å²) >= 11 is 0. The summed E-state index contributed by atoms with van der Waals surface area (Å²) in [6, 6.07) is 6.40. The molecule has 0 radical (unpaired) electrons. The van der Waals surface area contributed by atoms with Gasteiger partial charge in [0.1, 0.15) is 0 Å². The minimum absolute atomic E-state index is 0. The number of sulfonamides is 1. The number of amides is 1. The van der Waals surface area contributed by atoms with Gasteiger partial charge in [0.2, 0.25) is 10.0 Å². The molecule has 2 aliphatic carbocycles. The molecule has 2 atom stereocenters. The largest absolute Gasteiger partial charge is 0.349 e. The molecule has 3 rings (SSSR count). The average molecular weight is 416 g/mol. The lowest BCUT2D eigenvalue weighted by atomic mass is 9.67. The highest BCUT2D eigenvalue weighted by Crippen LogP contribution is 2.39. The molecule has 27 heavy (non-hydrogen) atoms. The van der Waals surface area contributed by atoms with Crippen LogP contribution in [0.1, 0.15) is 56.3 Å². The van der Waals surface area contributed by atoms with Gasteiger partial charge in [-0.3, -0.25) is 4.79 Å². The SMILES string of the molecule is CC(C)NS(=O)(=O)c1cccc(C(=O)NC2C3CCCC2CC(N)C3)c1.Cl. The van der Waals surface area contributed by atoms with Crippen molar-refractivity contribution in [3.8, 4) is 0 Å². The lowest BCUT2D eigenvalue weighted by Crippen LogP contribution is -2.53. The predicted molar refractivity (Wildman–Crippen MR) is 108 cm³/mol. The molecule has 2 aliphatic rings. The van der Waals surface area contributed by atoms with E-state index >= 15 is 0 Å². The molecule has 152 valence electrons. The Morgan fingerprint density at radius 3 is 2.41 bits per heavy atom. The Morgan fingerprint density at radius 1 is 1.19 bits per heavy atom. The zero-order valence-electron chi connectivity index (χ0n) is 15.9. The van der Waals surface area contributed by atoms with Crippen LogP contribution in [0.25, 0.3) is 0 Å². The smallest absolute Gasteiger partial charge is 0.251 e. The van der Waals surface area contributed by atoms with Gasteiger partial charge in [-0.25, -0.2) is 13.1 Å². The maximum atomic E-state index is 12.8. The van der Waals surface area contributed by atoms with Crippen LogP contribution in [0.5, 0.6) is 0 Å². The first kappa shape index (κ1) is 22.1. The third-order valence-electron chi connectivity index (χ3n) is 5.47. The van der Waals surface area contributed by atoms with E-state index in [0.717, 1.165) is 25.7 Å². The highest BCUT2D eigenvalue weighted by molar-refractivity contribution is 7.89. The summed E-state index contributed by atoms with van der Waals surface area (Å²) in [7, 11) is -3.62. The number of halogens is 1. The standard InChI is InChI=1S/C19H29N3O3S.ClH/c1-12(2)22-26(24,25)17-8-4-7-15(11-17)19(23)21-18-13-5-3-6-14(18)10-16(20)9-13;/h4,7-8,11-14,16,18,22H,3,5-6,9-10,20H2,1-2H3,(H,21,23);1H. The fraction of sp³-hybridized carbons (Fsp3) is 0.632. The molecule has 2 saturated carbocycles. The number of carbonyl (C=O) groups is 1. The molecule has 0 aliphatic heterocycles. The minimum Gasteiger partial charge on any atom is -0.349 e. The molecule has 0 aromatic heterocycles. The zero-order chi connectivity index (χ0) is 18.9. The minimum atomic E-state index is -3.62. The predicted octanol–water partition coefficient (Wildman–Crippen LogP) is 2.43. The molecule has 6 nitrogen and oxygen atoms in total. The Labute approximate surface area is 168 Å². The van der Waals surface area contributed by atoms with Crippen molar-refractivity contribution in [1.82, 2.24) is 10.0 Å². The van der Waals surface area contributed by atoms with Gasteiger partial charge in [0.15, 0.2) is 0 Å². The molecule has 2 fully saturated rings. The summed E-state index contributed by atoms with van der Waals surface area (Å²) in [5, 5.41) is 3.17. The molecule has 4 N–H and O–H groups in total. The molecule has 0 saturated heterocycles. The second-order valence-electron chi connectivity index (χ2n) is 7.99. The molecule has 1 aromatic rings. The maximum absolute atomic E-state index is 12.8. The van der Waals surface area contributed by atoms with Gasteiger partial charge in [-0.05, 0) is 69.6 Å². The van der Waals surface area contributed by atoms with E-state index in [1.54, 1.807) is 26.0 Å². The van der Waals surface area contributed by atoms with Crippen LogP contribution in [-0.4, -0.2) is 32.5 Å². The maximum Gasteiger partial charge on any atom is 0.251 e. The summed E-state index contributed by atoms with van der Waals surface area (Å²) in [6.07, 6.45) is 5.30. The van der Waals surface area contributed by atoms with Gasteiger partial charge in [0.25, 0.3) is 5.91 Å². The number of carbonyl (C=O) groups excluding carboxylic acids is 1. The molecule has 2 unspecified atom stereocenters. The first-order chi connectivity index (χ1) is 12.3. The third-order valence-corrected chi connectivity index (χ3v) is 7.13. The highest BCUT2D eigenvalue weighted by Gasteiger charge is 2.40. The second-order valence-corrected chi connectivity index (χ2v) is 9.70. The van der Waals surface area contributed by atoms with Crippen LogP contribution in [0.4, 0.5) is 0 Å². The molecule has 8 heteroatoms. The quantitative estimate of drug-likeness (QED) is 0.687. The van der Waals surface area contributed by atoms with E-state index in [9.17, 15) is 13.2 Å². The number of hydrogen-bond acceptors (Lipinski definition) is 4. The van der Waals surface area contributed by atoms with Crippen LogP contribution in [0.15, 0.2) is 29.2 Å². The molecule has 1 amide bonds. The van der Waals surface area contributed by atoms with E-state index in [4.69, 9.17) is 5.73 Å². The molecular weight excluding hydrogens is 386 g/mol. The lowest BCUT2D eigenvalue weighted by Gasteiger charge is -2.45. The van der Waals surface area contributed by atoms with E-state index in [1.807, 2.05) is 0 Å². The van der Waals surface area contributed by atoms with E-state index in [0.29, 0.717) is 17.4 Å². The Bertz CT molecular complexity index is 755. The lowest BCUT2D eigenvalue weighted by molar-refractivity contribution is 0.0756. The third kappa shape index (κ3) is 5.22. The summed E-state index contributed by atoms with van der Waals surface area (Å²) in [5.41, 5.74) is 6.53. The first-order valence-corrected chi connectivity index (χ1v) is 10.9. The van der Waals surface area contributed by atoms with Crippen molar-refractivity contribution < 1.29 is 13.2 Å². The van der Waals surface area contributed by atoms with Crippen molar-refractivity contribution >= 4 is 28.3 Å². The number of nitrogens with one attached hydrogen (secondary N) is 2. The van der Waals surface area contributed by atoms with Crippen LogP contribution in [-0.2, 0) is 10.0 Å². The monoisotopic (exact) mass is 415 g/mol. The first-order valence-electron chi connectivity index (χ1n) is 9.45. The van der Waals surface area contributed by atoms with Gasteiger partial charge in [-0.15, -0.1) is 12.4 Å². The molecule has 1 aromatic carbocycles. The summed E-state index contributed by atoms with van der Waals surface area (Å²) in [4.78, 5) is 12.9. The van der Waals surface area contributed by atoms with Crippen molar-refractivity contribution in [3.05, 3.63) is 29.8 Å². The van der Waals surface area contributed by atoms with Gasteiger partial charge in [-0.1, -0.05) is 12.5 Å². The fourth-order valence-corrected chi connectivity index (χ4v) is 5.74. The van der Waals surface area contributed by atoms with Crippen LogP contribution in [0, 0.1) is 11.8 Å². The molecule has 2 bridgehead atoms. The normalized spacial score (nSPS) is 27.7. The molecular formula is C19H30ClN3O3S. The molecule has 0 spiro atoms. The van der Waals surface area contributed by atoms with Crippen molar-refractivity contribution in [2.75, 3.05) is 0 Å². The molecule has 0 heterocycles. The zero-order valence-corrected chi connectivity index (χ0v) is 17.5. The number of rotatable bonds is 5. The van der Waals surface area contributed by atoms with Crippen LogP contribution in [0.2, 0.25) is 0 Å². The van der Waals surface area contributed by atoms with E-state index < -0.39 is 10.0 Å². The topological polar surface area (TPSA) is 101 Å². The average Bonchev–Trinajstić information content (AvgIpc) is 2.54. The van der Waals surface area contributed by atoms with Crippen molar-refractivity contribution in [2.45, 2.75) is 69.0 Å². The Balaban J connectivity index is 0.00000261. The van der Waals surface area contributed by atoms with Gasteiger partial charge >= 0.3 is 0 Å². The summed E-state index contributed by atoms with van der Waals surface area (Å²) in [6.45, 7) is 3.53. The second kappa shape index (κ2) is 8.90. The summed E-state index contributed by atoms with van der Waals surface area (Å²) < 4.78 is 27.2. The van der Waals surface area contributed by atoms with Crippen molar-refractivity contribution in [2.24, 2.45) is 17.6 Å².